The Labute approximate surface area is 151 Å². The van der Waals surface area contributed by atoms with E-state index in [1.807, 2.05) is 26.0 Å². The van der Waals surface area contributed by atoms with Crippen molar-refractivity contribution >= 4 is 5.97 Å². The molecule has 0 amide bonds. The number of carbonyl (C=O) groups excluding carboxylic acids is 1. The molecule has 0 saturated carbocycles. The van der Waals surface area contributed by atoms with Gasteiger partial charge in [0, 0.05) is 6.04 Å². The predicted octanol–water partition coefficient (Wildman–Crippen LogP) is 4.29. The van der Waals surface area contributed by atoms with Gasteiger partial charge in [0.05, 0.1) is 18.3 Å². The molecule has 138 valence electrons. The fourth-order valence-electron chi connectivity index (χ4n) is 4.24. The molecule has 2 aliphatic rings. The number of hydrogen-bond acceptors (Lipinski definition) is 4. The van der Waals surface area contributed by atoms with E-state index in [1.54, 1.807) is 12.1 Å². The van der Waals surface area contributed by atoms with Gasteiger partial charge in [0.1, 0.15) is 5.75 Å². The number of esters is 1. The first-order chi connectivity index (χ1) is 12.1. The van der Waals surface area contributed by atoms with Crippen molar-refractivity contribution in [3.63, 3.8) is 0 Å². The molecule has 25 heavy (non-hydrogen) atoms. The van der Waals surface area contributed by atoms with Crippen LogP contribution in [0.2, 0.25) is 0 Å². The number of carbonyl (C=O) groups is 1. The average molecular weight is 345 g/mol. The van der Waals surface area contributed by atoms with Gasteiger partial charge in [-0.05, 0) is 89.2 Å². The molecule has 1 aromatic rings. The number of hydrogen-bond donors (Lipinski definition) is 0. The van der Waals surface area contributed by atoms with Gasteiger partial charge in [-0.1, -0.05) is 6.42 Å². The number of rotatable bonds is 6. The minimum atomic E-state index is -0.229. The third-order valence-electron chi connectivity index (χ3n) is 5.41. The molecule has 2 fully saturated rings. The van der Waals surface area contributed by atoms with Crippen LogP contribution in [0.15, 0.2) is 24.3 Å². The van der Waals surface area contributed by atoms with Gasteiger partial charge in [0.2, 0.25) is 0 Å². The molecular weight excluding hydrogens is 314 g/mol. The summed E-state index contributed by atoms with van der Waals surface area (Å²) in [6, 6.07) is 7.94. The second kappa shape index (κ2) is 8.70. The monoisotopic (exact) mass is 345 g/mol. The van der Waals surface area contributed by atoms with Gasteiger partial charge >= 0.3 is 5.97 Å². The van der Waals surface area contributed by atoms with Crippen molar-refractivity contribution in [3.8, 4) is 5.75 Å². The van der Waals surface area contributed by atoms with Crippen molar-refractivity contribution in [1.29, 1.82) is 0 Å². The Bertz CT molecular complexity index is 553. The SMILES string of the molecule is CC(C)Oc1ccc(C(=O)OCC[C@H]2CCCN3CCCC[C@@H]23)cc1. The normalized spacial score (nSPS) is 24.0. The van der Waals surface area contributed by atoms with Crippen molar-refractivity contribution in [2.24, 2.45) is 5.92 Å². The highest BCUT2D eigenvalue weighted by Crippen LogP contribution is 2.32. The molecule has 0 aromatic heterocycles. The molecule has 0 aliphatic carbocycles. The Hall–Kier alpha value is -1.55. The van der Waals surface area contributed by atoms with E-state index in [0.717, 1.165) is 12.2 Å². The van der Waals surface area contributed by atoms with Crippen molar-refractivity contribution < 1.29 is 14.3 Å². The maximum Gasteiger partial charge on any atom is 0.338 e. The molecule has 2 saturated heterocycles. The Morgan fingerprint density at radius 1 is 1.12 bits per heavy atom. The Kier molecular flexibility index (Phi) is 6.35. The molecular formula is C21H31NO3. The van der Waals surface area contributed by atoms with Crippen LogP contribution in [0.1, 0.15) is 62.7 Å². The standard InChI is InChI=1S/C21H31NO3/c1-16(2)25-19-10-8-18(9-11-19)21(23)24-15-12-17-6-5-14-22-13-4-3-7-20(17)22/h8-11,16-17,20H,3-7,12-15H2,1-2H3/t17-,20+/m1/s1. The van der Waals surface area contributed by atoms with Gasteiger partial charge in [-0.15, -0.1) is 0 Å². The van der Waals surface area contributed by atoms with Crippen LogP contribution in [0.25, 0.3) is 0 Å². The van der Waals surface area contributed by atoms with Crippen LogP contribution >= 0.6 is 0 Å². The van der Waals surface area contributed by atoms with E-state index >= 15 is 0 Å². The molecule has 2 aliphatic heterocycles. The van der Waals surface area contributed by atoms with E-state index in [1.165, 1.54) is 45.2 Å². The van der Waals surface area contributed by atoms with Gasteiger partial charge in [-0.2, -0.15) is 0 Å². The van der Waals surface area contributed by atoms with Crippen LogP contribution in [0.4, 0.5) is 0 Å². The smallest absolute Gasteiger partial charge is 0.338 e. The van der Waals surface area contributed by atoms with Crippen LogP contribution in [-0.4, -0.2) is 42.7 Å². The largest absolute Gasteiger partial charge is 0.491 e. The molecule has 0 bridgehead atoms. The predicted molar refractivity (Wildman–Crippen MR) is 99.0 cm³/mol. The van der Waals surface area contributed by atoms with Crippen LogP contribution < -0.4 is 4.74 Å². The average Bonchev–Trinajstić information content (AvgIpc) is 2.62. The molecule has 3 rings (SSSR count). The van der Waals surface area contributed by atoms with Crippen LogP contribution in [0.3, 0.4) is 0 Å². The number of piperidine rings is 2. The fraction of sp³-hybridized carbons (Fsp3) is 0.667. The van der Waals surface area contributed by atoms with Crippen molar-refractivity contribution in [2.45, 2.75) is 64.5 Å². The lowest BCUT2D eigenvalue weighted by Gasteiger charge is -2.44. The van der Waals surface area contributed by atoms with Gasteiger partial charge in [-0.25, -0.2) is 4.79 Å². The van der Waals surface area contributed by atoms with Gasteiger partial charge in [0.25, 0.3) is 0 Å². The fourth-order valence-corrected chi connectivity index (χ4v) is 4.24. The molecule has 2 atom stereocenters. The number of nitrogens with zero attached hydrogens (tertiary/aromatic N) is 1. The van der Waals surface area contributed by atoms with E-state index in [4.69, 9.17) is 9.47 Å². The lowest BCUT2D eigenvalue weighted by atomic mass is 9.82. The quantitative estimate of drug-likeness (QED) is 0.721. The van der Waals surface area contributed by atoms with Gasteiger partial charge in [-0.3, -0.25) is 0 Å². The Morgan fingerprint density at radius 3 is 2.64 bits per heavy atom. The first-order valence-electron chi connectivity index (χ1n) is 9.81. The molecule has 4 nitrogen and oxygen atoms in total. The summed E-state index contributed by atoms with van der Waals surface area (Å²) < 4.78 is 11.1. The Balaban J connectivity index is 1.45. The highest BCUT2D eigenvalue weighted by atomic mass is 16.5. The summed E-state index contributed by atoms with van der Waals surface area (Å²) in [5.41, 5.74) is 0.596. The van der Waals surface area contributed by atoms with E-state index in [-0.39, 0.29) is 12.1 Å². The number of ether oxygens (including phenoxy) is 2. The van der Waals surface area contributed by atoms with Crippen LogP contribution in [-0.2, 0) is 4.74 Å². The second-order valence-electron chi connectivity index (χ2n) is 7.62. The van der Waals surface area contributed by atoms with E-state index in [9.17, 15) is 4.79 Å². The van der Waals surface area contributed by atoms with Crippen molar-refractivity contribution in [2.75, 3.05) is 19.7 Å². The maximum absolute atomic E-state index is 12.2. The second-order valence-corrected chi connectivity index (χ2v) is 7.62. The minimum absolute atomic E-state index is 0.132. The summed E-state index contributed by atoms with van der Waals surface area (Å²) in [7, 11) is 0. The van der Waals surface area contributed by atoms with E-state index in [2.05, 4.69) is 4.90 Å². The van der Waals surface area contributed by atoms with Gasteiger partial charge in [0.15, 0.2) is 0 Å². The molecule has 0 unspecified atom stereocenters. The van der Waals surface area contributed by atoms with Gasteiger partial charge < -0.3 is 14.4 Å². The zero-order chi connectivity index (χ0) is 17.6. The van der Waals surface area contributed by atoms with Crippen LogP contribution in [0, 0.1) is 5.92 Å². The molecule has 0 N–H and O–H groups in total. The Morgan fingerprint density at radius 2 is 1.88 bits per heavy atom. The summed E-state index contributed by atoms with van der Waals surface area (Å²) in [6.45, 7) is 7.01. The summed E-state index contributed by atoms with van der Waals surface area (Å²) in [4.78, 5) is 14.9. The maximum atomic E-state index is 12.2. The first-order valence-corrected chi connectivity index (χ1v) is 9.81. The molecule has 2 heterocycles. The zero-order valence-electron chi connectivity index (χ0n) is 15.6. The third kappa shape index (κ3) is 4.97. The summed E-state index contributed by atoms with van der Waals surface area (Å²) in [5.74, 6) is 1.24. The summed E-state index contributed by atoms with van der Waals surface area (Å²) in [6.07, 6.45) is 7.69. The first kappa shape index (κ1) is 18.2. The summed E-state index contributed by atoms with van der Waals surface area (Å²) >= 11 is 0. The topological polar surface area (TPSA) is 38.8 Å². The number of benzene rings is 1. The molecule has 4 heteroatoms. The lowest BCUT2D eigenvalue weighted by Crippen LogP contribution is -2.48. The molecule has 1 aromatic carbocycles. The number of fused-ring (bicyclic) bond motifs is 1. The molecule has 0 radical (unpaired) electrons. The zero-order valence-corrected chi connectivity index (χ0v) is 15.6. The minimum Gasteiger partial charge on any atom is -0.491 e. The highest BCUT2D eigenvalue weighted by Gasteiger charge is 2.32. The van der Waals surface area contributed by atoms with Crippen molar-refractivity contribution in [1.82, 2.24) is 4.90 Å². The molecule has 0 spiro atoms. The van der Waals surface area contributed by atoms with E-state index < -0.39 is 0 Å². The third-order valence-corrected chi connectivity index (χ3v) is 5.41. The van der Waals surface area contributed by atoms with E-state index in [0.29, 0.717) is 24.1 Å². The van der Waals surface area contributed by atoms with Crippen molar-refractivity contribution in [3.05, 3.63) is 29.8 Å². The highest BCUT2D eigenvalue weighted by molar-refractivity contribution is 5.89. The lowest BCUT2D eigenvalue weighted by molar-refractivity contribution is 0.0296. The van der Waals surface area contributed by atoms with Crippen LogP contribution in [0.5, 0.6) is 5.75 Å². The summed E-state index contributed by atoms with van der Waals surface area (Å²) in [5, 5.41) is 0.